The molecule has 0 fully saturated rings. The lowest BCUT2D eigenvalue weighted by Gasteiger charge is -2.32. The molecule has 0 unspecified atom stereocenters. The fourth-order valence-electron chi connectivity index (χ4n) is 6.13. The number of benzene rings is 5. The van der Waals surface area contributed by atoms with Gasteiger partial charge in [0.05, 0.1) is 4.90 Å². The third kappa shape index (κ3) is 7.64. The molecular weight excluding hydrogens is 669 g/mol. The van der Waals surface area contributed by atoms with Crippen molar-refractivity contribution in [1.29, 1.82) is 0 Å². The Morgan fingerprint density at radius 3 is 1.22 bits per heavy atom. The highest BCUT2D eigenvalue weighted by molar-refractivity contribution is 7.85. The van der Waals surface area contributed by atoms with E-state index in [1.807, 2.05) is 67.6 Å². The standard InChI is InChI=1S/C32H28N4O4.C7H8O3S/c37-29-23-11-13-25-28-26(32(40)36(31(25)39)18-16-34-20-22-9-5-2-6-10-22)14-12-24(27(23)28)30(38)35(29)17-15-33-19-21-7-3-1-4-8-21;1-6-2-4-7(5-3-6)11(8,9)10/h1-14,33-34H,15-20H2;2-5H,1H3,(H,8,9,10). The third-order valence-corrected chi connectivity index (χ3v) is 9.62. The van der Waals surface area contributed by atoms with Crippen LogP contribution in [0.5, 0.6) is 0 Å². The van der Waals surface area contributed by atoms with Crippen molar-refractivity contribution in [2.75, 3.05) is 26.2 Å². The van der Waals surface area contributed by atoms with Crippen LogP contribution in [0.3, 0.4) is 0 Å². The largest absolute Gasteiger partial charge is 0.311 e. The first-order valence-electron chi connectivity index (χ1n) is 16.4. The molecule has 2 aliphatic rings. The summed E-state index contributed by atoms with van der Waals surface area (Å²) in [6, 6.07) is 32.2. The van der Waals surface area contributed by atoms with Gasteiger partial charge in [-0.15, -0.1) is 0 Å². The molecule has 0 bridgehead atoms. The molecule has 0 aromatic heterocycles. The van der Waals surface area contributed by atoms with Crippen molar-refractivity contribution < 1.29 is 32.1 Å². The molecule has 260 valence electrons. The molecule has 0 radical (unpaired) electrons. The van der Waals surface area contributed by atoms with E-state index in [1.165, 1.54) is 21.9 Å². The molecular formula is C39H36N4O7S. The van der Waals surface area contributed by atoms with Crippen LogP contribution in [0.2, 0.25) is 0 Å². The summed E-state index contributed by atoms with van der Waals surface area (Å²) in [6.07, 6.45) is 0. The molecule has 4 amide bonds. The van der Waals surface area contributed by atoms with Gasteiger partial charge < -0.3 is 10.6 Å². The van der Waals surface area contributed by atoms with Crippen LogP contribution >= 0.6 is 0 Å². The number of nitrogens with one attached hydrogen (secondary N) is 2. The van der Waals surface area contributed by atoms with Gasteiger partial charge >= 0.3 is 0 Å². The topological polar surface area (TPSA) is 153 Å². The molecule has 51 heavy (non-hydrogen) atoms. The number of carbonyl (C=O) groups excluding carboxylic acids is 4. The molecule has 2 aliphatic heterocycles. The maximum absolute atomic E-state index is 13.4. The number of hydrogen-bond acceptors (Lipinski definition) is 8. The first-order valence-corrected chi connectivity index (χ1v) is 17.8. The maximum atomic E-state index is 13.4. The van der Waals surface area contributed by atoms with E-state index >= 15 is 0 Å². The van der Waals surface area contributed by atoms with Crippen molar-refractivity contribution in [2.45, 2.75) is 24.9 Å². The van der Waals surface area contributed by atoms with E-state index in [1.54, 1.807) is 36.4 Å². The maximum Gasteiger partial charge on any atom is 0.294 e. The van der Waals surface area contributed by atoms with Gasteiger partial charge in [0.15, 0.2) is 0 Å². The summed E-state index contributed by atoms with van der Waals surface area (Å²) < 4.78 is 29.6. The second kappa shape index (κ2) is 15.2. The highest BCUT2D eigenvalue weighted by atomic mass is 32.2. The van der Waals surface area contributed by atoms with Gasteiger partial charge in [0.1, 0.15) is 0 Å². The Kier molecular flexibility index (Phi) is 10.5. The van der Waals surface area contributed by atoms with Gasteiger partial charge in [-0.1, -0.05) is 78.4 Å². The Hall–Kier alpha value is -5.53. The van der Waals surface area contributed by atoms with E-state index in [0.29, 0.717) is 59.2 Å². The van der Waals surface area contributed by atoms with Gasteiger partial charge in [-0.3, -0.25) is 33.5 Å². The molecule has 11 nitrogen and oxygen atoms in total. The molecule has 0 atom stereocenters. The van der Waals surface area contributed by atoms with Crippen molar-refractivity contribution in [2.24, 2.45) is 0 Å². The lowest BCUT2D eigenvalue weighted by molar-refractivity contribution is 0.0590. The minimum Gasteiger partial charge on any atom is -0.311 e. The van der Waals surface area contributed by atoms with E-state index < -0.39 is 33.7 Å². The molecule has 7 rings (SSSR count). The fraction of sp³-hybridized carbons (Fsp3) is 0.179. The Bertz CT molecular complexity index is 2030. The van der Waals surface area contributed by atoms with E-state index in [9.17, 15) is 27.6 Å². The smallest absolute Gasteiger partial charge is 0.294 e. The first-order chi connectivity index (χ1) is 24.5. The minimum absolute atomic E-state index is 0.0666. The number of carbonyl (C=O) groups is 4. The fourth-order valence-corrected chi connectivity index (χ4v) is 6.61. The van der Waals surface area contributed by atoms with Crippen LogP contribution in [0.4, 0.5) is 0 Å². The Morgan fingerprint density at radius 2 is 0.882 bits per heavy atom. The first kappa shape index (κ1) is 35.3. The predicted molar refractivity (Wildman–Crippen MR) is 192 cm³/mol. The molecule has 5 aromatic carbocycles. The van der Waals surface area contributed by atoms with Crippen LogP contribution in [0.1, 0.15) is 58.1 Å². The van der Waals surface area contributed by atoms with Gasteiger partial charge in [0.25, 0.3) is 33.7 Å². The Labute approximate surface area is 295 Å². The third-order valence-electron chi connectivity index (χ3n) is 8.75. The lowest BCUT2D eigenvalue weighted by Crippen LogP contribution is -2.46. The minimum atomic E-state index is -4.02. The van der Waals surface area contributed by atoms with Crippen LogP contribution in [-0.4, -0.2) is 72.6 Å². The van der Waals surface area contributed by atoms with Crippen molar-refractivity contribution in [1.82, 2.24) is 20.4 Å². The SMILES string of the molecule is Cc1ccc(S(=O)(=O)O)cc1.O=C1c2ccc3c4c(ccc(c24)C(=O)N1CCNCc1ccccc1)C(=O)N(CCNCc1ccccc1)C3=O. The van der Waals surface area contributed by atoms with Crippen molar-refractivity contribution in [3.63, 3.8) is 0 Å². The zero-order chi connectivity index (χ0) is 36.1. The molecule has 0 aliphatic carbocycles. The molecule has 5 aromatic rings. The summed E-state index contributed by atoms with van der Waals surface area (Å²) in [4.78, 5) is 56.1. The van der Waals surface area contributed by atoms with Crippen LogP contribution < -0.4 is 10.6 Å². The number of aryl methyl sites for hydroxylation is 1. The number of hydrogen-bond donors (Lipinski definition) is 3. The number of amides is 4. The quantitative estimate of drug-likeness (QED) is 0.0995. The zero-order valence-electron chi connectivity index (χ0n) is 27.8. The van der Waals surface area contributed by atoms with E-state index in [0.717, 1.165) is 16.7 Å². The van der Waals surface area contributed by atoms with Crippen LogP contribution in [0.25, 0.3) is 10.8 Å². The summed E-state index contributed by atoms with van der Waals surface area (Å²) >= 11 is 0. The number of nitrogens with zero attached hydrogens (tertiary/aromatic N) is 2. The summed E-state index contributed by atoms with van der Waals surface area (Å²) in [6.45, 7) is 4.37. The summed E-state index contributed by atoms with van der Waals surface area (Å²) in [5, 5.41) is 7.33. The van der Waals surface area contributed by atoms with E-state index in [2.05, 4.69) is 10.6 Å². The second-order valence-electron chi connectivity index (χ2n) is 12.2. The zero-order valence-corrected chi connectivity index (χ0v) is 28.7. The normalized spacial score (nSPS) is 13.8. The summed E-state index contributed by atoms with van der Waals surface area (Å²) in [5.74, 6) is -1.68. The monoisotopic (exact) mass is 704 g/mol. The molecule has 0 spiro atoms. The van der Waals surface area contributed by atoms with Crippen molar-refractivity contribution >= 4 is 44.5 Å². The van der Waals surface area contributed by atoms with Gasteiger partial charge in [-0.05, 0) is 54.4 Å². The highest BCUT2D eigenvalue weighted by Crippen LogP contribution is 2.37. The number of imide groups is 2. The Balaban J connectivity index is 0.000000349. The van der Waals surface area contributed by atoms with Crippen molar-refractivity contribution in [3.05, 3.63) is 148 Å². The van der Waals surface area contributed by atoms with Gasteiger partial charge in [0.2, 0.25) is 0 Å². The molecule has 0 saturated carbocycles. The summed E-state index contributed by atoms with van der Waals surface area (Å²) in [5.41, 5.74) is 4.50. The highest BCUT2D eigenvalue weighted by Gasteiger charge is 2.39. The van der Waals surface area contributed by atoms with Crippen LogP contribution in [0, 0.1) is 6.92 Å². The van der Waals surface area contributed by atoms with Gasteiger partial charge in [-0.2, -0.15) is 8.42 Å². The average molecular weight is 705 g/mol. The van der Waals surface area contributed by atoms with Crippen molar-refractivity contribution in [3.8, 4) is 0 Å². The average Bonchev–Trinajstić information content (AvgIpc) is 3.13. The van der Waals surface area contributed by atoms with Crippen LogP contribution in [-0.2, 0) is 23.2 Å². The molecule has 12 heteroatoms. The Morgan fingerprint density at radius 1 is 0.529 bits per heavy atom. The van der Waals surface area contributed by atoms with E-state index in [4.69, 9.17) is 4.55 Å². The van der Waals surface area contributed by atoms with Crippen LogP contribution in [0.15, 0.2) is 114 Å². The van der Waals surface area contributed by atoms with E-state index in [-0.39, 0.29) is 18.0 Å². The molecule has 3 N–H and O–H groups in total. The summed E-state index contributed by atoms with van der Waals surface area (Å²) in [7, 11) is -4.02. The second-order valence-corrected chi connectivity index (χ2v) is 13.6. The predicted octanol–water partition coefficient (Wildman–Crippen LogP) is 4.85. The molecule has 0 saturated heterocycles. The van der Waals surface area contributed by atoms with Gasteiger partial charge in [0, 0.05) is 72.3 Å². The lowest BCUT2D eigenvalue weighted by atomic mass is 9.86. The van der Waals surface area contributed by atoms with Gasteiger partial charge in [-0.25, -0.2) is 0 Å². The molecule has 2 heterocycles. The number of rotatable bonds is 11.